The van der Waals surface area contributed by atoms with Crippen LogP contribution in [0.15, 0.2) is 10.3 Å². The van der Waals surface area contributed by atoms with Gasteiger partial charge in [0.15, 0.2) is 0 Å². The molecule has 2 N–H and O–H groups in total. The molecule has 1 aliphatic heterocycles. The minimum Gasteiger partial charge on any atom is -0.411 e. The number of hydrogen-bond acceptors (Lipinski definition) is 6. The molecule has 6 nitrogen and oxygen atoms in total. The molecule has 0 atom stereocenters. The van der Waals surface area contributed by atoms with Gasteiger partial charge in [0, 0.05) is 0 Å². The van der Waals surface area contributed by atoms with E-state index in [1.807, 2.05) is 0 Å². The molecule has 16 heavy (non-hydrogen) atoms. The molecule has 0 aliphatic carbocycles. The molecule has 1 fully saturated rings. The maximum Gasteiger partial charge on any atom is 0.116 e. The lowest BCUT2D eigenvalue weighted by molar-refractivity contribution is -0.0334. The van der Waals surface area contributed by atoms with Crippen LogP contribution >= 0.6 is 31.9 Å². The Bertz CT molecular complexity index is 203. The van der Waals surface area contributed by atoms with E-state index in [0.29, 0.717) is 22.1 Å². The van der Waals surface area contributed by atoms with Crippen LogP contribution in [0.1, 0.15) is 0 Å². The van der Waals surface area contributed by atoms with Crippen LogP contribution < -0.4 is 0 Å². The number of ether oxygens (including phenoxy) is 2. The van der Waals surface area contributed by atoms with E-state index < -0.39 is 0 Å². The predicted molar refractivity (Wildman–Crippen MR) is 67.7 cm³/mol. The van der Waals surface area contributed by atoms with E-state index in [-0.39, 0.29) is 0 Å². The van der Waals surface area contributed by atoms with Gasteiger partial charge in [-0.1, -0.05) is 42.2 Å². The summed E-state index contributed by atoms with van der Waals surface area (Å²) in [5.74, 6) is 0. The molecule has 8 heteroatoms. The molecule has 0 amide bonds. The molecule has 1 heterocycles. The number of alkyl halides is 2. The van der Waals surface area contributed by atoms with Crippen LogP contribution in [-0.2, 0) is 9.47 Å². The number of rotatable bonds is 3. The van der Waals surface area contributed by atoms with Gasteiger partial charge in [0.05, 0.1) is 37.1 Å². The molecule has 0 spiro atoms. The Morgan fingerprint density at radius 3 is 1.31 bits per heavy atom. The average molecular weight is 362 g/mol. The van der Waals surface area contributed by atoms with Crippen molar-refractivity contribution in [2.45, 2.75) is 0 Å². The summed E-state index contributed by atoms with van der Waals surface area (Å²) in [6, 6.07) is 0. The molecule has 0 aromatic heterocycles. The zero-order valence-corrected chi connectivity index (χ0v) is 11.8. The molecular formula is C8H14Br2N2O4. The van der Waals surface area contributed by atoms with Gasteiger partial charge in [-0.05, 0) is 0 Å². The quantitative estimate of drug-likeness (QED) is 0.345. The Labute approximate surface area is 111 Å². The number of oxime groups is 2. The highest BCUT2D eigenvalue weighted by molar-refractivity contribution is 9.10. The van der Waals surface area contributed by atoms with Crippen molar-refractivity contribution in [3.8, 4) is 0 Å². The van der Waals surface area contributed by atoms with E-state index in [1.54, 1.807) is 0 Å². The predicted octanol–water partition coefficient (Wildman–Crippen LogP) is 1.47. The molecule has 1 saturated heterocycles. The molecular weight excluding hydrogens is 348 g/mol. The molecule has 1 aliphatic rings. The van der Waals surface area contributed by atoms with E-state index >= 15 is 0 Å². The third-order valence-corrected chi connectivity index (χ3v) is 2.63. The van der Waals surface area contributed by atoms with Gasteiger partial charge in [0.2, 0.25) is 0 Å². The van der Waals surface area contributed by atoms with Crippen molar-refractivity contribution in [2.75, 3.05) is 37.1 Å². The fourth-order valence-corrected chi connectivity index (χ4v) is 1.63. The van der Waals surface area contributed by atoms with Crippen LogP contribution in [0.3, 0.4) is 0 Å². The summed E-state index contributed by atoms with van der Waals surface area (Å²) in [7, 11) is 0. The molecule has 94 valence electrons. The van der Waals surface area contributed by atoms with Gasteiger partial charge in [0.25, 0.3) is 0 Å². The van der Waals surface area contributed by atoms with E-state index in [2.05, 4.69) is 42.2 Å². The van der Waals surface area contributed by atoms with Crippen LogP contribution in [0, 0.1) is 0 Å². The molecule has 0 saturated carbocycles. The summed E-state index contributed by atoms with van der Waals surface area (Å²) in [6.07, 6.45) is 0. The molecule has 0 bridgehead atoms. The summed E-state index contributed by atoms with van der Waals surface area (Å²) < 4.78 is 9.89. The maximum atomic E-state index is 8.30. The van der Waals surface area contributed by atoms with Crippen LogP contribution in [0.4, 0.5) is 0 Å². The van der Waals surface area contributed by atoms with E-state index in [9.17, 15) is 0 Å². The topological polar surface area (TPSA) is 83.6 Å². The van der Waals surface area contributed by atoms with Gasteiger partial charge in [-0.2, -0.15) is 0 Å². The lowest BCUT2D eigenvalue weighted by Gasteiger charge is -2.09. The minimum absolute atomic E-state index is 0.305. The van der Waals surface area contributed by atoms with E-state index in [4.69, 9.17) is 19.9 Å². The summed E-state index contributed by atoms with van der Waals surface area (Å²) in [5, 5.41) is 23.1. The monoisotopic (exact) mass is 360 g/mol. The van der Waals surface area contributed by atoms with Crippen molar-refractivity contribution in [3.63, 3.8) is 0 Å². The standard InChI is InChI=1S/C4H6Br2N2O2.C4H8O2/c5-1-3(7-9)4(2-6)8-10;1-2-6-4-3-5-1/h9-10H,1-2H2;1-4H2/b7-3+,8-4+;. The van der Waals surface area contributed by atoms with Crippen molar-refractivity contribution in [1.29, 1.82) is 0 Å². The molecule has 1 rings (SSSR count). The second-order valence-electron chi connectivity index (χ2n) is 2.59. The number of nitrogens with zero attached hydrogens (tertiary/aromatic N) is 2. The fraction of sp³-hybridized carbons (Fsp3) is 0.750. The Morgan fingerprint density at radius 2 is 1.19 bits per heavy atom. The Kier molecular flexibility index (Phi) is 11.2. The van der Waals surface area contributed by atoms with E-state index in [1.165, 1.54) is 0 Å². The molecule has 0 aromatic carbocycles. The summed E-state index contributed by atoms with van der Waals surface area (Å²) >= 11 is 6.11. The third kappa shape index (κ3) is 7.15. The van der Waals surface area contributed by atoms with Crippen LogP contribution in [0.2, 0.25) is 0 Å². The zero-order valence-electron chi connectivity index (χ0n) is 8.60. The van der Waals surface area contributed by atoms with Gasteiger partial charge >= 0.3 is 0 Å². The summed E-state index contributed by atoms with van der Waals surface area (Å²) in [4.78, 5) is 0. The second-order valence-corrected chi connectivity index (χ2v) is 3.71. The second kappa shape index (κ2) is 11.3. The highest BCUT2D eigenvalue weighted by atomic mass is 79.9. The van der Waals surface area contributed by atoms with Gasteiger partial charge < -0.3 is 19.9 Å². The Morgan fingerprint density at radius 1 is 0.875 bits per heavy atom. The lowest BCUT2D eigenvalue weighted by Crippen LogP contribution is -2.17. The van der Waals surface area contributed by atoms with Crippen LogP contribution in [0.25, 0.3) is 0 Å². The van der Waals surface area contributed by atoms with Crippen molar-refractivity contribution in [2.24, 2.45) is 10.3 Å². The highest BCUT2D eigenvalue weighted by Gasteiger charge is 2.06. The third-order valence-electron chi connectivity index (χ3n) is 1.57. The zero-order chi connectivity index (χ0) is 12.2. The van der Waals surface area contributed by atoms with Crippen molar-refractivity contribution in [3.05, 3.63) is 0 Å². The van der Waals surface area contributed by atoms with Crippen molar-refractivity contribution < 1.29 is 19.9 Å². The van der Waals surface area contributed by atoms with E-state index in [0.717, 1.165) is 26.4 Å². The molecule has 0 radical (unpaired) electrons. The van der Waals surface area contributed by atoms with Gasteiger partial charge in [-0.15, -0.1) is 0 Å². The summed E-state index contributed by atoms with van der Waals surface area (Å²) in [6.45, 7) is 3.11. The van der Waals surface area contributed by atoms with Crippen molar-refractivity contribution >= 4 is 43.3 Å². The number of hydrogen-bond donors (Lipinski definition) is 2. The van der Waals surface area contributed by atoms with Gasteiger partial charge in [-0.3, -0.25) is 0 Å². The Hall–Kier alpha value is -0.180. The average Bonchev–Trinajstić information content (AvgIpc) is 2.38. The molecule has 0 unspecified atom stereocenters. The van der Waals surface area contributed by atoms with Gasteiger partial charge in [-0.25, -0.2) is 0 Å². The Balaban J connectivity index is 0.000000315. The maximum absolute atomic E-state index is 8.30. The SMILES string of the molecule is C1COCCO1.O/N=C(CBr)/C(CBr)=N/O. The van der Waals surface area contributed by atoms with Gasteiger partial charge in [0.1, 0.15) is 11.4 Å². The first-order valence-corrected chi connectivity index (χ1v) is 6.74. The van der Waals surface area contributed by atoms with Crippen LogP contribution in [0.5, 0.6) is 0 Å². The number of halogens is 2. The normalized spacial score (nSPS) is 17.6. The first kappa shape index (κ1) is 15.8. The smallest absolute Gasteiger partial charge is 0.116 e. The van der Waals surface area contributed by atoms with Crippen molar-refractivity contribution in [1.82, 2.24) is 0 Å². The fourth-order valence-electron chi connectivity index (χ4n) is 0.763. The molecule has 0 aromatic rings. The summed E-state index contributed by atoms with van der Waals surface area (Å²) in [5.41, 5.74) is 0.610. The minimum atomic E-state index is 0.305. The first-order chi connectivity index (χ1) is 7.79. The van der Waals surface area contributed by atoms with Crippen LogP contribution in [-0.4, -0.2) is 58.9 Å². The lowest BCUT2D eigenvalue weighted by atomic mass is 10.3. The highest BCUT2D eigenvalue weighted by Crippen LogP contribution is 1.94. The first-order valence-electron chi connectivity index (χ1n) is 4.49. The largest absolute Gasteiger partial charge is 0.411 e.